The van der Waals surface area contributed by atoms with Gasteiger partial charge in [-0.1, -0.05) is 42.1 Å². The number of benzene rings is 2. The number of thioether (sulfide) groups is 1. The highest BCUT2D eigenvalue weighted by atomic mass is 79.9. The molecule has 0 spiro atoms. The first-order chi connectivity index (χ1) is 12.3. The summed E-state index contributed by atoms with van der Waals surface area (Å²) in [5, 5.41) is 0.969. The molecule has 1 aliphatic rings. The van der Waals surface area contributed by atoms with Crippen molar-refractivity contribution in [2.24, 2.45) is 4.99 Å². The van der Waals surface area contributed by atoms with Gasteiger partial charge in [-0.25, -0.2) is 0 Å². The first-order valence-corrected chi connectivity index (χ1v) is 9.38. The van der Waals surface area contributed by atoms with E-state index >= 15 is 0 Å². The summed E-state index contributed by atoms with van der Waals surface area (Å²) in [6, 6.07) is 17.5. The molecule has 2 aromatic carbocycles. The molecule has 1 aliphatic heterocycles. The quantitative estimate of drug-likeness (QED) is 0.629. The highest BCUT2D eigenvalue weighted by Crippen LogP contribution is 2.19. The van der Waals surface area contributed by atoms with Gasteiger partial charge in [0.2, 0.25) is 0 Å². The molecule has 0 amide bonds. The van der Waals surface area contributed by atoms with Crippen molar-refractivity contribution in [3.63, 3.8) is 0 Å². The minimum atomic E-state index is 0. The van der Waals surface area contributed by atoms with E-state index in [-0.39, 0.29) is 22.8 Å². The second-order valence-electron chi connectivity index (χ2n) is 5.86. The van der Waals surface area contributed by atoms with Gasteiger partial charge in [-0.15, -0.1) is 17.0 Å². The van der Waals surface area contributed by atoms with Gasteiger partial charge in [0.25, 0.3) is 0 Å². The third-order valence-corrected chi connectivity index (χ3v) is 5.15. The minimum Gasteiger partial charge on any atom is -0.497 e. The SMILES string of the molecule is Br.COc1ccc(C(=O)CN(Cc2ccccc2)C2=NCCCS2)cc1. The molecule has 3 rings (SSSR count). The Labute approximate surface area is 169 Å². The Morgan fingerprint density at radius 2 is 1.88 bits per heavy atom. The Morgan fingerprint density at radius 1 is 1.15 bits per heavy atom. The summed E-state index contributed by atoms with van der Waals surface area (Å²) in [6.45, 7) is 1.85. The number of rotatable bonds is 6. The number of methoxy groups -OCH3 is 1. The van der Waals surface area contributed by atoms with Crippen LogP contribution in [-0.2, 0) is 6.54 Å². The van der Waals surface area contributed by atoms with Crippen LogP contribution in [0.3, 0.4) is 0 Å². The molecular weight excluding hydrogens is 412 g/mol. The maximum atomic E-state index is 12.7. The molecule has 138 valence electrons. The molecule has 0 fully saturated rings. The summed E-state index contributed by atoms with van der Waals surface area (Å²) in [6.07, 6.45) is 1.10. The predicted octanol–water partition coefficient (Wildman–Crippen LogP) is 4.45. The van der Waals surface area contributed by atoms with E-state index in [2.05, 4.69) is 22.0 Å². The average Bonchev–Trinajstić information content (AvgIpc) is 2.69. The summed E-state index contributed by atoms with van der Waals surface area (Å²) in [5.41, 5.74) is 1.87. The Kier molecular flexibility index (Phi) is 8.19. The lowest BCUT2D eigenvalue weighted by Gasteiger charge is -2.27. The number of hydrogen-bond donors (Lipinski definition) is 0. The summed E-state index contributed by atoms with van der Waals surface area (Å²) < 4.78 is 5.16. The van der Waals surface area contributed by atoms with Crippen molar-refractivity contribution >= 4 is 39.7 Å². The van der Waals surface area contributed by atoms with Gasteiger partial charge in [0, 0.05) is 24.4 Å². The zero-order valence-electron chi connectivity index (χ0n) is 14.8. The van der Waals surface area contributed by atoms with Crippen molar-refractivity contribution < 1.29 is 9.53 Å². The van der Waals surface area contributed by atoms with Crippen LogP contribution in [0, 0.1) is 0 Å². The number of ether oxygens (including phenoxy) is 1. The number of carbonyl (C=O) groups excluding carboxylic acids is 1. The number of nitrogens with zero attached hydrogens (tertiary/aromatic N) is 2. The van der Waals surface area contributed by atoms with Crippen LogP contribution in [0.1, 0.15) is 22.3 Å². The standard InChI is InChI=1S/C20H22N2O2S.BrH/c1-24-18-10-8-17(9-11-18)19(23)15-22(20-21-12-5-13-25-20)14-16-6-3-2-4-7-16;/h2-4,6-11H,5,12-15H2,1H3;1H. The first kappa shape index (κ1) is 20.5. The fourth-order valence-corrected chi connectivity index (χ4v) is 3.63. The average molecular weight is 435 g/mol. The van der Waals surface area contributed by atoms with Crippen molar-refractivity contribution in [2.75, 3.05) is 26.0 Å². The largest absolute Gasteiger partial charge is 0.497 e. The molecular formula is C20H23BrN2O2S. The number of ketones is 1. The fourth-order valence-electron chi connectivity index (χ4n) is 2.68. The monoisotopic (exact) mass is 434 g/mol. The van der Waals surface area contributed by atoms with E-state index in [1.807, 2.05) is 42.5 Å². The molecule has 2 aromatic rings. The van der Waals surface area contributed by atoms with E-state index in [1.54, 1.807) is 18.9 Å². The normalized spacial score (nSPS) is 13.3. The van der Waals surface area contributed by atoms with Crippen molar-refractivity contribution in [3.05, 3.63) is 65.7 Å². The Morgan fingerprint density at radius 3 is 2.50 bits per heavy atom. The van der Waals surface area contributed by atoms with Crippen LogP contribution in [-0.4, -0.2) is 41.8 Å². The first-order valence-electron chi connectivity index (χ1n) is 8.39. The minimum absolute atomic E-state index is 0. The van der Waals surface area contributed by atoms with Crippen molar-refractivity contribution in [1.29, 1.82) is 0 Å². The van der Waals surface area contributed by atoms with Crippen LogP contribution in [0.4, 0.5) is 0 Å². The summed E-state index contributed by atoms with van der Waals surface area (Å²) >= 11 is 1.74. The smallest absolute Gasteiger partial charge is 0.182 e. The maximum Gasteiger partial charge on any atom is 0.182 e. The molecule has 26 heavy (non-hydrogen) atoms. The molecule has 1 heterocycles. The van der Waals surface area contributed by atoms with E-state index in [1.165, 1.54) is 5.56 Å². The van der Waals surface area contributed by atoms with E-state index in [0.29, 0.717) is 18.7 Å². The molecule has 0 radical (unpaired) electrons. The number of Topliss-reactive ketones (excluding diaryl/α,β-unsaturated/α-hetero) is 1. The summed E-state index contributed by atoms with van der Waals surface area (Å²) in [7, 11) is 1.62. The highest BCUT2D eigenvalue weighted by Gasteiger charge is 2.19. The molecule has 0 saturated carbocycles. The Balaban J connectivity index is 0.00000243. The molecule has 0 saturated heterocycles. The molecule has 4 nitrogen and oxygen atoms in total. The van der Waals surface area contributed by atoms with Crippen molar-refractivity contribution in [3.8, 4) is 5.75 Å². The van der Waals surface area contributed by atoms with Crippen LogP contribution in [0.5, 0.6) is 5.75 Å². The Hall–Kier alpha value is -1.79. The van der Waals surface area contributed by atoms with Crippen LogP contribution < -0.4 is 4.74 Å². The number of halogens is 1. The van der Waals surface area contributed by atoms with Gasteiger partial charge in [-0.3, -0.25) is 9.79 Å². The molecule has 0 aromatic heterocycles. The molecule has 0 atom stereocenters. The fraction of sp³-hybridized carbons (Fsp3) is 0.300. The maximum absolute atomic E-state index is 12.7. The number of hydrogen-bond acceptors (Lipinski definition) is 5. The Bertz CT molecular complexity index is 735. The van der Waals surface area contributed by atoms with E-state index in [0.717, 1.165) is 29.6 Å². The molecule has 0 unspecified atom stereocenters. The van der Waals surface area contributed by atoms with Gasteiger partial charge in [-0.2, -0.15) is 0 Å². The van der Waals surface area contributed by atoms with Gasteiger partial charge >= 0.3 is 0 Å². The topological polar surface area (TPSA) is 41.9 Å². The lowest BCUT2D eigenvalue weighted by atomic mass is 10.1. The third-order valence-electron chi connectivity index (χ3n) is 4.01. The zero-order chi connectivity index (χ0) is 17.5. The molecule has 6 heteroatoms. The zero-order valence-corrected chi connectivity index (χ0v) is 17.3. The van der Waals surface area contributed by atoms with Gasteiger partial charge in [0.05, 0.1) is 13.7 Å². The number of amidine groups is 1. The van der Waals surface area contributed by atoms with E-state index in [9.17, 15) is 4.79 Å². The van der Waals surface area contributed by atoms with Crippen molar-refractivity contribution in [1.82, 2.24) is 4.90 Å². The van der Waals surface area contributed by atoms with E-state index in [4.69, 9.17) is 4.74 Å². The lowest BCUT2D eigenvalue weighted by molar-refractivity contribution is 0.0962. The van der Waals surface area contributed by atoms with Crippen LogP contribution in [0.15, 0.2) is 59.6 Å². The molecule has 0 N–H and O–H groups in total. The molecule has 0 aliphatic carbocycles. The number of carbonyl (C=O) groups is 1. The van der Waals surface area contributed by atoms with Gasteiger partial charge in [0.1, 0.15) is 5.75 Å². The van der Waals surface area contributed by atoms with Gasteiger partial charge < -0.3 is 9.64 Å². The van der Waals surface area contributed by atoms with Crippen LogP contribution in [0.25, 0.3) is 0 Å². The second-order valence-corrected chi connectivity index (χ2v) is 6.92. The third kappa shape index (κ3) is 5.61. The second kappa shape index (κ2) is 10.4. The molecule has 0 bridgehead atoms. The highest BCUT2D eigenvalue weighted by molar-refractivity contribution is 8.93. The van der Waals surface area contributed by atoms with Crippen LogP contribution >= 0.6 is 28.7 Å². The number of aliphatic imine (C=N–C) groups is 1. The van der Waals surface area contributed by atoms with E-state index < -0.39 is 0 Å². The summed E-state index contributed by atoms with van der Waals surface area (Å²) in [5.74, 6) is 1.90. The summed E-state index contributed by atoms with van der Waals surface area (Å²) in [4.78, 5) is 19.5. The lowest BCUT2D eigenvalue weighted by Crippen LogP contribution is -2.35. The van der Waals surface area contributed by atoms with Crippen molar-refractivity contribution in [2.45, 2.75) is 13.0 Å². The van der Waals surface area contributed by atoms with Gasteiger partial charge in [-0.05, 0) is 36.2 Å². The van der Waals surface area contributed by atoms with Crippen LogP contribution in [0.2, 0.25) is 0 Å². The predicted molar refractivity (Wildman–Crippen MR) is 114 cm³/mol. The van der Waals surface area contributed by atoms with Gasteiger partial charge in [0.15, 0.2) is 11.0 Å².